The zero-order chi connectivity index (χ0) is 23.2. The highest BCUT2D eigenvalue weighted by Crippen LogP contribution is 2.45. The molecular weight excluding hydrogens is 446 g/mol. The summed E-state index contributed by atoms with van der Waals surface area (Å²) in [4.78, 5) is 4.44. The molecule has 0 radical (unpaired) electrons. The molecule has 2 aromatic carbocycles. The Morgan fingerprint density at radius 1 is 1.15 bits per heavy atom. The number of nitrogens with one attached hydrogen (secondary N) is 1. The van der Waals surface area contributed by atoms with E-state index >= 15 is 0 Å². The Kier molecular flexibility index (Phi) is 7.23. The molecule has 1 aromatic heterocycles. The van der Waals surface area contributed by atoms with Crippen molar-refractivity contribution in [2.24, 2.45) is 0 Å². The Balaban J connectivity index is 1.76. The van der Waals surface area contributed by atoms with Gasteiger partial charge in [0.25, 0.3) is 0 Å². The molecule has 0 saturated heterocycles. The average molecular weight is 470 g/mol. The fraction of sp³-hybridized carbons (Fsp3) is 0.333. The number of anilines is 2. The van der Waals surface area contributed by atoms with Crippen molar-refractivity contribution in [3.63, 3.8) is 0 Å². The monoisotopic (exact) mass is 469 g/mol. The Morgan fingerprint density at radius 2 is 2.00 bits per heavy atom. The van der Waals surface area contributed by atoms with Gasteiger partial charge in [-0.3, -0.25) is 4.98 Å². The summed E-state index contributed by atoms with van der Waals surface area (Å²) in [6, 6.07) is 9.69. The summed E-state index contributed by atoms with van der Waals surface area (Å²) in [5.41, 5.74) is 3.32. The number of pyridine rings is 1. The fourth-order valence-corrected chi connectivity index (χ4v) is 3.73. The first-order chi connectivity index (χ1) is 16.2. The van der Waals surface area contributed by atoms with Gasteiger partial charge in [0.15, 0.2) is 23.0 Å². The molecule has 172 valence electrons. The molecule has 1 aliphatic heterocycles. The Bertz CT molecular complexity index is 1200. The summed E-state index contributed by atoms with van der Waals surface area (Å²) >= 11 is 5.75. The lowest BCUT2D eigenvalue weighted by Crippen LogP contribution is -2.02. The van der Waals surface area contributed by atoms with Crippen molar-refractivity contribution < 1.29 is 23.7 Å². The Morgan fingerprint density at radius 3 is 2.76 bits per heavy atom. The SMILES string of the molecule is COCCc1ccc(Nc2c(C#N)cnc3cc(OCCCCl)c(OC)cc23)c2c1OCO2. The number of methoxy groups -OCH3 is 2. The standard InChI is InChI=1S/C24H24ClN3O5/c1-29-9-6-15-4-5-18(24-23(15)32-14-33-24)28-22-16(12-26)13-27-19-11-21(31-8-3-7-25)20(30-2)10-17(19)22/h4-5,10-11,13H,3,6-9,14H2,1-2H3,(H,27,28). The summed E-state index contributed by atoms with van der Waals surface area (Å²) in [5, 5.41) is 13.8. The smallest absolute Gasteiger partial charge is 0.231 e. The van der Waals surface area contributed by atoms with Crippen molar-refractivity contribution in [1.82, 2.24) is 4.98 Å². The second-order valence-electron chi connectivity index (χ2n) is 7.27. The first-order valence-corrected chi connectivity index (χ1v) is 11.0. The highest BCUT2D eigenvalue weighted by molar-refractivity contribution is 6.17. The van der Waals surface area contributed by atoms with Crippen LogP contribution in [0.25, 0.3) is 10.9 Å². The van der Waals surface area contributed by atoms with Crippen LogP contribution >= 0.6 is 11.6 Å². The first kappa shape index (κ1) is 22.8. The summed E-state index contributed by atoms with van der Waals surface area (Å²) in [6.45, 7) is 1.17. The van der Waals surface area contributed by atoms with Crippen LogP contribution in [0.1, 0.15) is 17.5 Å². The lowest BCUT2D eigenvalue weighted by Gasteiger charge is -2.16. The molecule has 3 aromatic rings. The topological polar surface area (TPSA) is 94.9 Å². The van der Waals surface area contributed by atoms with Crippen LogP contribution in [0.5, 0.6) is 23.0 Å². The Labute approximate surface area is 196 Å². The van der Waals surface area contributed by atoms with E-state index in [0.29, 0.717) is 82.8 Å². The molecule has 9 heteroatoms. The number of fused-ring (bicyclic) bond motifs is 2. The number of benzene rings is 2. The summed E-state index contributed by atoms with van der Waals surface area (Å²) < 4.78 is 28.0. The number of aromatic nitrogens is 1. The van der Waals surface area contributed by atoms with Crippen LogP contribution < -0.4 is 24.3 Å². The van der Waals surface area contributed by atoms with Gasteiger partial charge in [-0.15, -0.1) is 11.6 Å². The molecule has 0 atom stereocenters. The summed E-state index contributed by atoms with van der Waals surface area (Å²) in [6.07, 6.45) is 2.95. The molecule has 0 saturated carbocycles. The van der Waals surface area contributed by atoms with Crippen LogP contribution in [-0.2, 0) is 11.2 Å². The van der Waals surface area contributed by atoms with Crippen LogP contribution in [-0.4, -0.2) is 45.1 Å². The van der Waals surface area contributed by atoms with Gasteiger partial charge < -0.3 is 29.0 Å². The predicted octanol–water partition coefficient (Wildman–Crippen LogP) is 4.78. The van der Waals surface area contributed by atoms with E-state index in [-0.39, 0.29) is 6.79 Å². The van der Waals surface area contributed by atoms with Crippen molar-refractivity contribution in [2.45, 2.75) is 12.8 Å². The maximum absolute atomic E-state index is 9.75. The van der Waals surface area contributed by atoms with Gasteiger partial charge >= 0.3 is 0 Å². The molecule has 33 heavy (non-hydrogen) atoms. The van der Waals surface area contributed by atoms with E-state index in [4.69, 9.17) is 35.3 Å². The third-order valence-corrected chi connectivity index (χ3v) is 5.51. The minimum Gasteiger partial charge on any atom is -0.493 e. The molecule has 0 fully saturated rings. The average Bonchev–Trinajstić information content (AvgIpc) is 3.34. The molecule has 0 aliphatic carbocycles. The fourth-order valence-electron chi connectivity index (χ4n) is 3.62. The molecule has 1 aliphatic rings. The predicted molar refractivity (Wildman–Crippen MR) is 125 cm³/mol. The number of hydrogen-bond donors (Lipinski definition) is 1. The number of hydrogen-bond acceptors (Lipinski definition) is 8. The van der Waals surface area contributed by atoms with Crippen molar-refractivity contribution >= 4 is 33.9 Å². The van der Waals surface area contributed by atoms with Gasteiger partial charge in [-0.25, -0.2) is 0 Å². The molecule has 4 rings (SSSR count). The van der Waals surface area contributed by atoms with E-state index in [1.54, 1.807) is 20.3 Å². The van der Waals surface area contributed by atoms with Gasteiger partial charge in [0.2, 0.25) is 6.79 Å². The Hall–Kier alpha value is -3.41. The van der Waals surface area contributed by atoms with Gasteiger partial charge in [0.1, 0.15) is 6.07 Å². The van der Waals surface area contributed by atoms with Crippen LogP contribution in [0.3, 0.4) is 0 Å². The third kappa shape index (κ3) is 4.70. The number of nitrogens with zero attached hydrogens (tertiary/aromatic N) is 2. The number of halogens is 1. The van der Waals surface area contributed by atoms with Crippen molar-refractivity contribution in [2.75, 3.05) is 45.4 Å². The van der Waals surface area contributed by atoms with Crippen molar-refractivity contribution in [3.05, 3.63) is 41.6 Å². The first-order valence-electron chi connectivity index (χ1n) is 10.5. The number of nitriles is 1. The largest absolute Gasteiger partial charge is 0.493 e. The highest BCUT2D eigenvalue weighted by Gasteiger charge is 2.23. The molecule has 0 amide bonds. The van der Waals surface area contributed by atoms with Crippen LogP contribution in [0.15, 0.2) is 30.5 Å². The van der Waals surface area contributed by atoms with E-state index in [1.807, 2.05) is 18.2 Å². The molecule has 1 N–H and O–H groups in total. The molecular formula is C24H24ClN3O5. The quantitative estimate of drug-likeness (QED) is 0.334. The van der Waals surface area contributed by atoms with Gasteiger partial charge in [-0.1, -0.05) is 6.07 Å². The van der Waals surface area contributed by atoms with Crippen molar-refractivity contribution in [1.29, 1.82) is 5.26 Å². The molecule has 0 unspecified atom stereocenters. The molecule has 0 bridgehead atoms. The van der Waals surface area contributed by atoms with Gasteiger partial charge in [-0.2, -0.15) is 5.26 Å². The minimum absolute atomic E-state index is 0.132. The van der Waals surface area contributed by atoms with Crippen molar-refractivity contribution in [3.8, 4) is 29.1 Å². The van der Waals surface area contributed by atoms with Crippen LogP contribution in [0.2, 0.25) is 0 Å². The second kappa shape index (κ2) is 10.5. The van der Waals surface area contributed by atoms with Crippen LogP contribution in [0, 0.1) is 11.3 Å². The second-order valence-corrected chi connectivity index (χ2v) is 7.65. The lowest BCUT2D eigenvalue weighted by atomic mass is 10.1. The van der Waals surface area contributed by atoms with E-state index < -0.39 is 0 Å². The number of ether oxygens (including phenoxy) is 5. The lowest BCUT2D eigenvalue weighted by molar-refractivity contribution is 0.172. The number of alkyl halides is 1. The van der Waals surface area contributed by atoms with Crippen LogP contribution in [0.4, 0.5) is 11.4 Å². The zero-order valence-electron chi connectivity index (χ0n) is 18.4. The summed E-state index contributed by atoms with van der Waals surface area (Å²) in [7, 11) is 3.23. The van der Waals surface area contributed by atoms with E-state index in [2.05, 4.69) is 16.4 Å². The zero-order valence-corrected chi connectivity index (χ0v) is 19.2. The molecule has 8 nitrogen and oxygen atoms in total. The minimum atomic E-state index is 0.132. The van der Waals surface area contributed by atoms with E-state index in [0.717, 1.165) is 5.56 Å². The van der Waals surface area contributed by atoms with E-state index in [9.17, 15) is 5.26 Å². The number of rotatable bonds is 10. The highest BCUT2D eigenvalue weighted by atomic mass is 35.5. The van der Waals surface area contributed by atoms with Gasteiger partial charge in [0.05, 0.1) is 42.8 Å². The normalized spacial score (nSPS) is 11.9. The maximum Gasteiger partial charge on any atom is 0.231 e. The third-order valence-electron chi connectivity index (χ3n) is 5.24. The van der Waals surface area contributed by atoms with Gasteiger partial charge in [0, 0.05) is 36.2 Å². The molecule has 0 spiro atoms. The maximum atomic E-state index is 9.75. The van der Waals surface area contributed by atoms with E-state index in [1.165, 1.54) is 6.20 Å². The summed E-state index contributed by atoms with van der Waals surface area (Å²) in [5.74, 6) is 2.90. The molecule has 2 heterocycles. The van der Waals surface area contributed by atoms with Gasteiger partial charge in [-0.05, 0) is 25.0 Å².